The van der Waals surface area contributed by atoms with Crippen LogP contribution in [0.1, 0.15) is 34.1 Å². The second-order valence-electron chi connectivity index (χ2n) is 5.17. The maximum Gasteiger partial charge on any atom is 0.246 e. The summed E-state index contributed by atoms with van der Waals surface area (Å²) in [4.78, 5) is 13.7. The third-order valence-corrected chi connectivity index (χ3v) is 3.50. The van der Waals surface area contributed by atoms with Crippen LogP contribution in [0.2, 0.25) is 0 Å². The summed E-state index contributed by atoms with van der Waals surface area (Å²) < 4.78 is 0. The van der Waals surface area contributed by atoms with Gasteiger partial charge in [0.2, 0.25) is 5.91 Å². The van der Waals surface area contributed by atoms with E-state index in [1.807, 2.05) is 4.90 Å². The monoisotopic (exact) mass is 209 g/mol. The second kappa shape index (κ2) is 4.82. The molecule has 1 heterocycles. The van der Waals surface area contributed by atoms with Crippen molar-refractivity contribution in [1.82, 2.24) is 4.90 Å². The molecule has 0 spiro atoms. The second-order valence-corrected chi connectivity index (χ2v) is 5.17. The van der Waals surface area contributed by atoms with E-state index in [9.17, 15) is 4.79 Å². The lowest BCUT2D eigenvalue weighted by Gasteiger charge is -2.32. The van der Waals surface area contributed by atoms with Gasteiger partial charge in [0, 0.05) is 12.6 Å². The number of carbonyl (C=O) groups is 1. The summed E-state index contributed by atoms with van der Waals surface area (Å²) in [7, 11) is 0. The summed E-state index contributed by atoms with van der Waals surface area (Å²) in [5.41, 5.74) is 0. The predicted octanol–water partition coefficient (Wildman–Crippen LogP) is 2.70. The Morgan fingerprint density at radius 3 is 2.33 bits per heavy atom. The average Bonchev–Trinajstić information content (AvgIpc) is 2.60. The largest absolute Gasteiger partial charge is 0.336 e. The molecule has 1 rings (SSSR count). The highest BCUT2D eigenvalue weighted by atomic mass is 16.2. The van der Waals surface area contributed by atoms with Gasteiger partial charge in [0.25, 0.3) is 0 Å². The number of likely N-dealkylation sites (tertiary alicyclic amines) is 1. The van der Waals surface area contributed by atoms with Crippen molar-refractivity contribution in [3.05, 3.63) is 12.7 Å². The van der Waals surface area contributed by atoms with E-state index >= 15 is 0 Å². The minimum Gasteiger partial charge on any atom is -0.336 e. The van der Waals surface area contributed by atoms with Crippen molar-refractivity contribution in [3.8, 4) is 0 Å². The Morgan fingerprint density at radius 1 is 1.33 bits per heavy atom. The Balaban J connectivity index is 2.84. The van der Waals surface area contributed by atoms with Crippen molar-refractivity contribution in [2.75, 3.05) is 6.54 Å². The molecule has 15 heavy (non-hydrogen) atoms. The van der Waals surface area contributed by atoms with Gasteiger partial charge in [-0.05, 0) is 30.3 Å². The number of hydrogen-bond acceptors (Lipinski definition) is 1. The Kier molecular flexibility index (Phi) is 3.95. The van der Waals surface area contributed by atoms with Crippen LogP contribution in [0.15, 0.2) is 12.7 Å². The smallest absolute Gasteiger partial charge is 0.246 e. The van der Waals surface area contributed by atoms with Gasteiger partial charge >= 0.3 is 0 Å². The van der Waals surface area contributed by atoms with Crippen molar-refractivity contribution < 1.29 is 4.79 Å². The van der Waals surface area contributed by atoms with Gasteiger partial charge in [0.1, 0.15) is 0 Å². The maximum atomic E-state index is 11.7. The lowest BCUT2D eigenvalue weighted by Crippen LogP contribution is -2.41. The molecule has 1 aliphatic rings. The predicted molar refractivity (Wildman–Crippen MR) is 63.5 cm³/mol. The van der Waals surface area contributed by atoms with E-state index in [0.717, 1.165) is 13.0 Å². The summed E-state index contributed by atoms with van der Waals surface area (Å²) in [5.74, 6) is 1.93. The lowest BCUT2D eigenvalue weighted by molar-refractivity contribution is -0.128. The first-order valence-corrected chi connectivity index (χ1v) is 5.92. The van der Waals surface area contributed by atoms with E-state index in [1.165, 1.54) is 6.08 Å². The number of hydrogen-bond donors (Lipinski definition) is 0. The molecule has 2 nitrogen and oxygen atoms in total. The molecule has 0 N–H and O–H groups in total. The molecule has 2 heteroatoms. The van der Waals surface area contributed by atoms with Crippen LogP contribution in [-0.4, -0.2) is 23.4 Å². The highest BCUT2D eigenvalue weighted by molar-refractivity contribution is 5.87. The minimum atomic E-state index is 0.0943. The molecule has 0 aromatic heterocycles. The number of carbonyl (C=O) groups excluding carboxylic acids is 1. The molecule has 0 aliphatic carbocycles. The first kappa shape index (κ1) is 12.3. The van der Waals surface area contributed by atoms with Crippen molar-refractivity contribution >= 4 is 5.91 Å². The third kappa shape index (κ3) is 2.42. The molecule has 86 valence electrons. The number of amides is 1. The van der Waals surface area contributed by atoms with Gasteiger partial charge < -0.3 is 4.90 Å². The zero-order valence-corrected chi connectivity index (χ0v) is 10.4. The van der Waals surface area contributed by atoms with Crippen LogP contribution in [-0.2, 0) is 4.79 Å². The van der Waals surface area contributed by atoms with E-state index in [2.05, 4.69) is 34.3 Å². The Hall–Kier alpha value is -0.790. The van der Waals surface area contributed by atoms with E-state index in [0.29, 0.717) is 23.8 Å². The zero-order chi connectivity index (χ0) is 11.6. The zero-order valence-electron chi connectivity index (χ0n) is 10.4. The Labute approximate surface area is 93.3 Å². The van der Waals surface area contributed by atoms with E-state index in [1.54, 1.807) is 0 Å². The van der Waals surface area contributed by atoms with Crippen molar-refractivity contribution in [2.24, 2.45) is 17.8 Å². The summed E-state index contributed by atoms with van der Waals surface area (Å²) in [6.07, 6.45) is 2.58. The van der Waals surface area contributed by atoms with Crippen molar-refractivity contribution in [1.29, 1.82) is 0 Å². The van der Waals surface area contributed by atoms with Crippen LogP contribution in [0.3, 0.4) is 0 Å². The van der Waals surface area contributed by atoms with Gasteiger partial charge in [0.15, 0.2) is 0 Å². The van der Waals surface area contributed by atoms with E-state index in [4.69, 9.17) is 0 Å². The van der Waals surface area contributed by atoms with E-state index in [-0.39, 0.29) is 5.91 Å². The molecule has 0 bridgehead atoms. The molecule has 2 atom stereocenters. The number of rotatable bonds is 3. The molecule has 0 aromatic carbocycles. The number of nitrogens with zero attached hydrogens (tertiary/aromatic N) is 1. The fourth-order valence-electron chi connectivity index (χ4n) is 2.80. The fraction of sp³-hybridized carbons (Fsp3) is 0.769. The lowest BCUT2D eigenvalue weighted by atomic mass is 9.83. The Morgan fingerprint density at radius 2 is 1.93 bits per heavy atom. The van der Waals surface area contributed by atoms with Gasteiger partial charge in [-0.25, -0.2) is 0 Å². The molecular weight excluding hydrogens is 186 g/mol. The summed E-state index contributed by atoms with van der Waals surface area (Å²) in [5, 5.41) is 0. The quantitative estimate of drug-likeness (QED) is 0.654. The molecule has 0 aromatic rings. The van der Waals surface area contributed by atoms with Crippen LogP contribution >= 0.6 is 0 Å². The maximum absolute atomic E-state index is 11.7. The molecule has 1 aliphatic heterocycles. The van der Waals surface area contributed by atoms with Crippen molar-refractivity contribution in [2.45, 2.75) is 40.2 Å². The minimum absolute atomic E-state index is 0.0943. The van der Waals surface area contributed by atoms with Crippen molar-refractivity contribution in [3.63, 3.8) is 0 Å². The standard InChI is InChI=1S/C13H23NO/c1-6-12(15)14-8-7-11(9(2)3)13(14)10(4)5/h6,9-11,13H,1,7-8H2,2-5H3. The van der Waals surface area contributed by atoms with Gasteiger partial charge in [-0.2, -0.15) is 0 Å². The fourth-order valence-corrected chi connectivity index (χ4v) is 2.80. The normalized spacial score (nSPS) is 26.4. The third-order valence-electron chi connectivity index (χ3n) is 3.50. The molecule has 1 fully saturated rings. The first-order chi connectivity index (χ1) is 6.99. The van der Waals surface area contributed by atoms with Crippen LogP contribution in [0.25, 0.3) is 0 Å². The molecule has 1 saturated heterocycles. The summed E-state index contributed by atoms with van der Waals surface area (Å²) >= 11 is 0. The Bertz CT molecular complexity index is 245. The highest BCUT2D eigenvalue weighted by Gasteiger charge is 2.39. The SMILES string of the molecule is C=CC(=O)N1CCC(C(C)C)C1C(C)C. The molecule has 2 unspecified atom stereocenters. The topological polar surface area (TPSA) is 20.3 Å². The first-order valence-electron chi connectivity index (χ1n) is 5.92. The van der Waals surface area contributed by atoms with Crippen LogP contribution in [0.4, 0.5) is 0 Å². The molecule has 0 radical (unpaired) electrons. The van der Waals surface area contributed by atoms with Gasteiger partial charge in [0.05, 0.1) is 0 Å². The summed E-state index contributed by atoms with van der Waals surface area (Å²) in [6, 6.07) is 0.399. The van der Waals surface area contributed by atoms with Gasteiger partial charge in [-0.1, -0.05) is 34.3 Å². The molecule has 1 amide bonds. The van der Waals surface area contributed by atoms with Crippen LogP contribution in [0, 0.1) is 17.8 Å². The van der Waals surface area contributed by atoms with Crippen LogP contribution < -0.4 is 0 Å². The average molecular weight is 209 g/mol. The molecule has 0 saturated carbocycles. The molecular formula is C13H23NO. The van der Waals surface area contributed by atoms with Gasteiger partial charge in [-0.15, -0.1) is 0 Å². The summed E-state index contributed by atoms with van der Waals surface area (Å²) in [6.45, 7) is 13.4. The van der Waals surface area contributed by atoms with Gasteiger partial charge in [-0.3, -0.25) is 4.79 Å². The van der Waals surface area contributed by atoms with E-state index < -0.39 is 0 Å². The van der Waals surface area contributed by atoms with Crippen LogP contribution in [0.5, 0.6) is 0 Å². The highest BCUT2D eigenvalue weighted by Crippen LogP contribution is 2.34.